The molecule has 1 heterocycles. The molecule has 0 amide bonds. The largest absolute Gasteiger partial charge is 0.486 e. The number of pyridine rings is 1. The van der Waals surface area contributed by atoms with Crippen LogP contribution in [0.15, 0.2) is 34.9 Å². The molecule has 0 bridgehead atoms. The second-order valence-corrected chi connectivity index (χ2v) is 4.72. The zero-order valence-corrected chi connectivity index (χ0v) is 11.5. The summed E-state index contributed by atoms with van der Waals surface area (Å²) in [6.07, 6.45) is 1.62. The number of ether oxygens (including phenoxy) is 1. The van der Waals surface area contributed by atoms with E-state index in [4.69, 9.17) is 10.5 Å². The molecule has 0 radical (unpaired) electrons. The summed E-state index contributed by atoms with van der Waals surface area (Å²) in [5.41, 5.74) is 6.94. The first-order valence-electron chi connectivity index (χ1n) is 5.52. The lowest BCUT2D eigenvalue weighted by atomic mass is 10.2. The number of hydrogen-bond acceptors (Lipinski definition) is 3. The summed E-state index contributed by atoms with van der Waals surface area (Å²) in [5.74, 6) is -2.13. The monoisotopic (exact) mass is 328 g/mol. The van der Waals surface area contributed by atoms with Crippen LogP contribution in [0.3, 0.4) is 0 Å². The van der Waals surface area contributed by atoms with E-state index < -0.39 is 11.6 Å². The minimum absolute atomic E-state index is 0.0766. The molecule has 0 saturated heterocycles. The molecule has 19 heavy (non-hydrogen) atoms. The summed E-state index contributed by atoms with van der Waals surface area (Å²) >= 11 is 3.08. The first-order chi connectivity index (χ1) is 9.11. The predicted molar refractivity (Wildman–Crippen MR) is 70.5 cm³/mol. The number of nitrogens with zero attached hydrogens (tertiary/aromatic N) is 1. The van der Waals surface area contributed by atoms with Gasteiger partial charge in [0.15, 0.2) is 11.6 Å². The third kappa shape index (κ3) is 3.27. The maximum Gasteiger partial charge on any atom is 0.200 e. The van der Waals surface area contributed by atoms with Crippen molar-refractivity contribution in [3.63, 3.8) is 0 Å². The standard InChI is InChI=1S/C13H11BrF2N2O/c14-9-4-10(15)13(16)12(5-9)19-7-8-2-1-3-18-11(8)6-17/h1-5H,6-7,17H2. The first-order valence-corrected chi connectivity index (χ1v) is 6.31. The van der Waals surface area contributed by atoms with E-state index >= 15 is 0 Å². The van der Waals surface area contributed by atoms with E-state index in [0.29, 0.717) is 10.2 Å². The van der Waals surface area contributed by atoms with Crippen molar-refractivity contribution in [2.45, 2.75) is 13.2 Å². The molecular formula is C13H11BrF2N2O. The maximum absolute atomic E-state index is 13.5. The van der Waals surface area contributed by atoms with Gasteiger partial charge in [0.25, 0.3) is 0 Å². The average Bonchev–Trinajstić information content (AvgIpc) is 2.41. The fourth-order valence-corrected chi connectivity index (χ4v) is 1.99. The van der Waals surface area contributed by atoms with E-state index in [-0.39, 0.29) is 18.9 Å². The minimum Gasteiger partial charge on any atom is -0.486 e. The molecule has 0 aliphatic carbocycles. The Bertz CT molecular complexity index is 593. The highest BCUT2D eigenvalue weighted by atomic mass is 79.9. The van der Waals surface area contributed by atoms with Crippen molar-refractivity contribution in [1.29, 1.82) is 0 Å². The molecule has 1 aromatic carbocycles. The van der Waals surface area contributed by atoms with Crippen molar-refractivity contribution in [1.82, 2.24) is 4.98 Å². The number of halogens is 3. The molecule has 2 N–H and O–H groups in total. The molecule has 0 spiro atoms. The number of nitrogens with two attached hydrogens (primary N) is 1. The molecule has 0 aliphatic rings. The van der Waals surface area contributed by atoms with Crippen LogP contribution in [0.2, 0.25) is 0 Å². The van der Waals surface area contributed by atoms with Crippen LogP contribution in [0.4, 0.5) is 8.78 Å². The van der Waals surface area contributed by atoms with E-state index in [2.05, 4.69) is 20.9 Å². The molecule has 0 atom stereocenters. The Hall–Kier alpha value is -1.53. The van der Waals surface area contributed by atoms with Gasteiger partial charge in [-0.2, -0.15) is 4.39 Å². The highest BCUT2D eigenvalue weighted by Gasteiger charge is 2.12. The molecule has 0 fully saturated rings. The van der Waals surface area contributed by atoms with Gasteiger partial charge in [-0.15, -0.1) is 0 Å². The zero-order chi connectivity index (χ0) is 13.8. The highest BCUT2D eigenvalue weighted by Crippen LogP contribution is 2.26. The van der Waals surface area contributed by atoms with Crippen LogP contribution in [0.25, 0.3) is 0 Å². The molecular weight excluding hydrogens is 318 g/mol. The highest BCUT2D eigenvalue weighted by molar-refractivity contribution is 9.10. The van der Waals surface area contributed by atoms with E-state index in [1.165, 1.54) is 6.07 Å². The lowest BCUT2D eigenvalue weighted by Gasteiger charge is -2.10. The van der Waals surface area contributed by atoms with E-state index in [0.717, 1.165) is 11.6 Å². The number of benzene rings is 1. The fraction of sp³-hybridized carbons (Fsp3) is 0.154. The van der Waals surface area contributed by atoms with Crippen LogP contribution in [-0.2, 0) is 13.2 Å². The lowest BCUT2D eigenvalue weighted by Crippen LogP contribution is -2.07. The molecule has 0 unspecified atom stereocenters. The number of hydrogen-bond donors (Lipinski definition) is 1. The zero-order valence-electron chi connectivity index (χ0n) is 9.87. The van der Waals surface area contributed by atoms with Crippen LogP contribution in [0.1, 0.15) is 11.3 Å². The fourth-order valence-electron chi connectivity index (χ4n) is 1.58. The molecule has 2 aromatic rings. The second kappa shape index (κ2) is 6.08. The quantitative estimate of drug-likeness (QED) is 0.877. The molecule has 0 saturated carbocycles. The van der Waals surface area contributed by atoms with Crippen molar-refractivity contribution in [2.75, 3.05) is 0 Å². The van der Waals surface area contributed by atoms with Gasteiger partial charge in [-0.05, 0) is 18.2 Å². The van der Waals surface area contributed by atoms with Gasteiger partial charge < -0.3 is 10.5 Å². The molecule has 100 valence electrons. The first kappa shape index (κ1) is 13.9. The summed E-state index contributed by atoms with van der Waals surface area (Å²) in [5, 5.41) is 0. The van der Waals surface area contributed by atoms with Crippen molar-refractivity contribution in [2.24, 2.45) is 5.73 Å². The minimum atomic E-state index is -1.01. The smallest absolute Gasteiger partial charge is 0.200 e. The topological polar surface area (TPSA) is 48.1 Å². The van der Waals surface area contributed by atoms with Gasteiger partial charge in [0.05, 0.1) is 5.69 Å². The van der Waals surface area contributed by atoms with Gasteiger partial charge in [-0.25, -0.2) is 4.39 Å². The Kier molecular flexibility index (Phi) is 4.44. The molecule has 0 aliphatic heterocycles. The summed E-state index contributed by atoms with van der Waals surface area (Å²) in [6.45, 7) is 0.335. The van der Waals surface area contributed by atoms with Crippen molar-refractivity contribution in [3.8, 4) is 5.75 Å². The van der Waals surface area contributed by atoms with Gasteiger partial charge in [0.1, 0.15) is 6.61 Å². The lowest BCUT2D eigenvalue weighted by molar-refractivity contribution is 0.283. The molecule has 6 heteroatoms. The number of aromatic nitrogens is 1. The average molecular weight is 329 g/mol. The van der Waals surface area contributed by atoms with Gasteiger partial charge >= 0.3 is 0 Å². The Labute approximate surface area is 117 Å². The number of rotatable bonds is 4. The van der Waals surface area contributed by atoms with Crippen LogP contribution in [0.5, 0.6) is 5.75 Å². The van der Waals surface area contributed by atoms with Crippen LogP contribution >= 0.6 is 15.9 Å². The molecule has 3 nitrogen and oxygen atoms in total. The second-order valence-electron chi connectivity index (χ2n) is 3.80. The van der Waals surface area contributed by atoms with E-state index in [1.807, 2.05) is 0 Å². The van der Waals surface area contributed by atoms with Gasteiger partial charge in [0.2, 0.25) is 5.82 Å². The Balaban J connectivity index is 2.19. The van der Waals surface area contributed by atoms with Crippen molar-refractivity contribution >= 4 is 15.9 Å². The summed E-state index contributed by atoms with van der Waals surface area (Å²) in [6, 6.07) is 5.92. The Morgan fingerprint density at radius 2 is 2.11 bits per heavy atom. The third-order valence-electron chi connectivity index (χ3n) is 2.52. The van der Waals surface area contributed by atoms with Crippen LogP contribution in [0, 0.1) is 11.6 Å². The summed E-state index contributed by atoms with van der Waals surface area (Å²) in [4.78, 5) is 4.08. The molecule has 1 aromatic heterocycles. The normalized spacial score (nSPS) is 10.5. The maximum atomic E-state index is 13.5. The van der Waals surface area contributed by atoms with Gasteiger partial charge in [-0.3, -0.25) is 4.98 Å². The van der Waals surface area contributed by atoms with Gasteiger partial charge in [-0.1, -0.05) is 22.0 Å². The molecule has 2 rings (SSSR count). The van der Waals surface area contributed by atoms with Crippen LogP contribution < -0.4 is 10.5 Å². The summed E-state index contributed by atoms with van der Waals surface area (Å²) in [7, 11) is 0. The van der Waals surface area contributed by atoms with E-state index in [9.17, 15) is 8.78 Å². The Morgan fingerprint density at radius 1 is 1.32 bits per heavy atom. The van der Waals surface area contributed by atoms with Crippen molar-refractivity contribution in [3.05, 3.63) is 57.8 Å². The predicted octanol–water partition coefficient (Wildman–Crippen LogP) is 3.16. The van der Waals surface area contributed by atoms with Crippen LogP contribution in [-0.4, -0.2) is 4.98 Å². The third-order valence-corrected chi connectivity index (χ3v) is 2.98. The summed E-state index contributed by atoms with van der Waals surface area (Å²) < 4.78 is 32.4. The van der Waals surface area contributed by atoms with E-state index in [1.54, 1.807) is 18.3 Å². The Morgan fingerprint density at radius 3 is 2.84 bits per heavy atom. The SMILES string of the molecule is NCc1ncccc1COc1cc(Br)cc(F)c1F. The van der Waals surface area contributed by atoms with Gasteiger partial charge in [0, 0.05) is 22.8 Å². The van der Waals surface area contributed by atoms with Crippen molar-refractivity contribution < 1.29 is 13.5 Å².